The van der Waals surface area contributed by atoms with Gasteiger partial charge in [-0.3, -0.25) is 0 Å². The molecule has 1 unspecified atom stereocenters. The molecule has 3 aromatic rings. The number of hydrogen-bond donors (Lipinski definition) is 2. The van der Waals surface area contributed by atoms with Gasteiger partial charge in [-0.2, -0.15) is 0 Å². The van der Waals surface area contributed by atoms with Crippen molar-refractivity contribution < 1.29 is 19.4 Å². The SMILES string of the molecule is O=C(NC1(C(=O)O)Cc2ccc(Cl)cc2C1)OCC1c2ccccc2-c2ccccc21. The summed E-state index contributed by atoms with van der Waals surface area (Å²) in [6.07, 6.45) is -0.371. The summed E-state index contributed by atoms with van der Waals surface area (Å²) < 4.78 is 5.56. The second-order valence-corrected chi connectivity index (χ2v) is 8.54. The third-order valence-corrected chi connectivity index (χ3v) is 6.48. The minimum absolute atomic E-state index is 0.0847. The van der Waals surface area contributed by atoms with Crippen molar-refractivity contribution in [2.75, 3.05) is 6.61 Å². The predicted molar refractivity (Wildman–Crippen MR) is 117 cm³/mol. The first-order valence-electron chi connectivity index (χ1n) is 10.1. The average molecular weight is 434 g/mol. The number of carbonyl (C=O) groups is 2. The van der Waals surface area contributed by atoms with Crippen molar-refractivity contribution in [1.82, 2.24) is 5.32 Å². The number of rotatable bonds is 4. The molecule has 0 saturated heterocycles. The van der Waals surface area contributed by atoms with Gasteiger partial charge in [0.05, 0.1) is 0 Å². The lowest BCUT2D eigenvalue weighted by Gasteiger charge is -2.25. The van der Waals surface area contributed by atoms with Crippen molar-refractivity contribution in [3.05, 3.63) is 94.0 Å². The molecule has 1 atom stereocenters. The fourth-order valence-electron chi connectivity index (χ4n) is 4.77. The van der Waals surface area contributed by atoms with E-state index >= 15 is 0 Å². The number of carboxylic acids is 1. The first-order chi connectivity index (χ1) is 15.0. The highest BCUT2D eigenvalue weighted by Gasteiger charge is 2.46. The fourth-order valence-corrected chi connectivity index (χ4v) is 4.96. The van der Waals surface area contributed by atoms with Crippen LogP contribution in [0.15, 0.2) is 66.7 Å². The Labute approximate surface area is 184 Å². The van der Waals surface area contributed by atoms with Crippen LogP contribution in [-0.2, 0) is 22.4 Å². The lowest BCUT2D eigenvalue weighted by Crippen LogP contribution is -2.55. The number of carbonyl (C=O) groups excluding carboxylic acids is 1. The summed E-state index contributed by atoms with van der Waals surface area (Å²) in [5, 5.41) is 13.1. The van der Waals surface area contributed by atoms with Gasteiger partial charge in [0.2, 0.25) is 0 Å². The van der Waals surface area contributed by atoms with E-state index in [1.165, 1.54) is 0 Å². The third kappa shape index (κ3) is 3.35. The second kappa shape index (κ2) is 7.43. The zero-order chi connectivity index (χ0) is 21.6. The minimum atomic E-state index is -1.43. The zero-order valence-electron chi connectivity index (χ0n) is 16.6. The van der Waals surface area contributed by atoms with Gasteiger partial charge in [0.15, 0.2) is 0 Å². The van der Waals surface area contributed by atoms with Gasteiger partial charge in [0.25, 0.3) is 0 Å². The van der Waals surface area contributed by atoms with E-state index in [-0.39, 0.29) is 25.4 Å². The smallest absolute Gasteiger partial charge is 0.408 e. The molecule has 0 spiro atoms. The van der Waals surface area contributed by atoms with Gasteiger partial charge in [-0.15, -0.1) is 0 Å². The van der Waals surface area contributed by atoms with E-state index in [1.54, 1.807) is 12.1 Å². The largest absolute Gasteiger partial charge is 0.479 e. The molecule has 2 aliphatic carbocycles. The highest BCUT2D eigenvalue weighted by Crippen LogP contribution is 2.44. The molecule has 5 rings (SSSR count). The molecule has 6 heteroatoms. The normalized spacial score (nSPS) is 18.7. The standard InChI is InChI=1S/C25H20ClNO4/c26-17-10-9-15-12-25(23(28)29,13-16(15)11-17)27-24(30)31-14-22-20-7-3-1-5-18(20)19-6-2-4-8-21(19)22/h1-11,22H,12-14H2,(H,27,30)(H,28,29). The molecule has 156 valence electrons. The Morgan fingerprint density at radius 1 is 0.968 bits per heavy atom. The lowest BCUT2D eigenvalue weighted by atomic mass is 9.96. The molecule has 0 bridgehead atoms. The first kappa shape index (κ1) is 19.6. The third-order valence-electron chi connectivity index (χ3n) is 6.25. The number of aliphatic carboxylic acids is 1. The molecule has 2 aliphatic rings. The molecule has 1 amide bonds. The number of hydrogen-bond acceptors (Lipinski definition) is 3. The summed E-state index contributed by atoms with van der Waals surface area (Å²) in [4.78, 5) is 24.8. The van der Waals surface area contributed by atoms with E-state index in [9.17, 15) is 14.7 Å². The van der Waals surface area contributed by atoms with Crippen LogP contribution in [0.5, 0.6) is 0 Å². The summed E-state index contributed by atoms with van der Waals surface area (Å²) in [5.74, 6) is -1.17. The van der Waals surface area contributed by atoms with Crippen LogP contribution in [-0.4, -0.2) is 29.3 Å². The molecule has 0 fully saturated rings. The Morgan fingerprint density at radius 3 is 2.23 bits per heavy atom. The molecule has 0 saturated carbocycles. The Bertz CT molecular complexity index is 1160. The molecule has 5 nitrogen and oxygen atoms in total. The van der Waals surface area contributed by atoms with Crippen LogP contribution < -0.4 is 5.32 Å². The molecule has 0 radical (unpaired) electrons. The van der Waals surface area contributed by atoms with Gasteiger partial charge >= 0.3 is 12.1 Å². The quantitative estimate of drug-likeness (QED) is 0.619. The zero-order valence-corrected chi connectivity index (χ0v) is 17.4. The maximum atomic E-state index is 12.7. The Morgan fingerprint density at radius 2 is 1.58 bits per heavy atom. The van der Waals surface area contributed by atoms with Gasteiger partial charge in [-0.1, -0.05) is 66.2 Å². The van der Waals surface area contributed by atoms with E-state index in [0.29, 0.717) is 5.02 Å². The average Bonchev–Trinajstić information content (AvgIpc) is 3.28. The number of nitrogens with one attached hydrogen (secondary N) is 1. The summed E-state index contributed by atoms with van der Waals surface area (Å²) in [5.41, 5.74) is 4.74. The minimum Gasteiger partial charge on any atom is -0.479 e. The van der Waals surface area contributed by atoms with Crippen molar-refractivity contribution in [1.29, 1.82) is 0 Å². The Kier molecular flexibility index (Phi) is 4.71. The molecule has 3 aromatic carbocycles. The van der Waals surface area contributed by atoms with Crippen LogP contribution in [0.1, 0.15) is 28.2 Å². The van der Waals surface area contributed by atoms with Crippen LogP contribution in [0.2, 0.25) is 5.02 Å². The van der Waals surface area contributed by atoms with E-state index < -0.39 is 17.6 Å². The van der Waals surface area contributed by atoms with Crippen LogP contribution >= 0.6 is 11.6 Å². The summed E-state index contributed by atoms with van der Waals surface area (Å²) >= 11 is 6.05. The van der Waals surface area contributed by atoms with Crippen LogP contribution in [0.4, 0.5) is 4.79 Å². The van der Waals surface area contributed by atoms with Gasteiger partial charge in [-0.25, -0.2) is 9.59 Å². The molecule has 2 N–H and O–H groups in total. The number of benzene rings is 3. The van der Waals surface area contributed by atoms with E-state index in [4.69, 9.17) is 16.3 Å². The number of carboxylic acid groups (broad SMARTS) is 1. The summed E-state index contributed by atoms with van der Waals surface area (Å²) in [7, 11) is 0. The molecular weight excluding hydrogens is 414 g/mol. The Balaban J connectivity index is 1.33. The molecule has 0 aromatic heterocycles. The molecule has 0 aliphatic heterocycles. The molecule has 0 heterocycles. The highest BCUT2D eigenvalue weighted by atomic mass is 35.5. The Hall–Kier alpha value is -3.31. The molecule has 31 heavy (non-hydrogen) atoms. The first-order valence-corrected chi connectivity index (χ1v) is 10.5. The van der Waals surface area contributed by atoms with Crippen molar-refractivity contribution >= 4 is 23.7 Å². The van der Waals surface area contributed by atoms with E-state index in [0.717, 1.165) is 33.4 Å². The van der Waals surface area contributed by atoms with Crippen molar-refractivity contribution in [2.45, 2.75) is 24.3 Å². The molecular formula is C25H20ClNO4. The van der Waals surface area contributed by atoms with E-state index in [2.05, 4.69) is 17.4 Å². The monoisotopic (exact) mass is 433 g/mol. The van der Waals surface area contributed by atoms with Crippen LogP contribution in [0.25, 0.3) is 11.1 Å². The van der Waals surface area contributed by atoms with Crippen molar-refractivity contribution in [3.8, 4) is 11.1 Å². The van der Waals surface area contributed by atoms with Crippen molar-refractivity contribution in [2.24, 2.45) is 0 Å². The van der Waals surface area contributed by atoms with Crippen molar-refractivity contribution in [3.63, 3.8) is 0 Å². The number of halogens is 1. The van der Waals surface area contributed by atoms with Gasteiger partial charge < -0.3 is 15.2 Å². The topological polar surface area (TPSA) is 75.6 Å². The highest BCUT2D eigenvalue weighted by molar-refractivity contribution is 6.30. The fraction of sp³-hybridized carbons (Fsp3) is 0.200. The van der Waals surface area contributed by atoms with Crippen LogP contribution in [0.3, 0.4) is 0 Å². The van der Waals surface area contributed by atoms with Gasteiger partial charge in [0.1, 0.15) is 12.1 Å². The summed E-state index contributed by atoms with van der Waals surface area (Å²) in [6.45, 7) is 0.133. The van der Waals surface area contributed by atoms with Gasteiger partial charge in [0, 0.05) is 23.8 Å². The number of alkyl carbamates (subject to hydrolysis) is 1. The van der Waals surface area contributed by atoms with Crippen LogP contribution in [0, 0.1) is 0 Å². The predicted octanol–water partition coefficient (Wildman–Crippen LogP) is 4.80. The second-order valence-electron chi connectivity index (χ2n) is 8.10. The number of fused-ring (bicyclic) bond motifs is 4. The van der Waals surface area contributed by atoms with E-state index in [1.807, 2.05) is 42.5 Å². The summed E-state index contributed by atoms with van der Waals surface area (Å²) in [6, 6.07) is 21.4. The number of amides is 1. The maximum absolute atomic E-state index is 12.7. The number of ether oxygens (including phenoxy) is 1. The maximum Gasteiger partial charge on any atom is 0.408 e. The lowest BCUT2D eigenvalue weighted by molar-refractivity contribution is -0.144. The van der Waals surface area contributed by atoms with Gasteiger partial charge in [-0.05, 0) is 45.5 Å².